The van der Waals surface area contributed by atoms with Crippen molar-refractivity contribution in [2.45, 2.75) is 6.92 Å². The van der Waals surface area contributed by atoms with Gasteiger partial charge in [-0.2, -0.15) is 9.78 Å². The van der Waals surface area contributed by atoms with Gasteiger partial charge in [-0.25, -0.2) is 9.97 Å². The van der Waals surface area contributed by atoms with Crippen LogP contribution >= 0.6 is 23.2 Å². The normalized spacial score (nSPS) is 14.3. The first-order chi connectivity index (χ1) is 17.3. The van der Waals surface area contributed by atoms with Crippen molar-refractivity contribution in [1.29, 1.82) is 0 Å². The Hall–Kier alpha value is -3.53. The van der Waals surface area contributed by atoms with E-state index in [2.05, 4.69) is 32.3 Å². The minimum Gasteiger partial charge on any atom is -0.336 e. The maximum Gasteiger partial charge on any atom is 0.282 e. The highest BCUT2D eigenvalue weighted by Gasteiger charge is 2.21. The maximum atomic E-state index is 13.2. The first-order valence-electron chi connectivity index (χ1n) is 11.4. The molecule has 1 saturated heterocycles. The molecular formula is C25H23Cl2N7O2. The number of halogens is 2. The summed E-state index contributed by atoms with van der Waals surface area (Å²) in [7, 11) is 2.05. The largest absolute Gasteiger partial charge is 0.336 e. The molecule has 2 aromatic heterocycles. The third-order valence-corrected chi connectivity index (χ3v) is 6.72. The minimum absolute atomic E-state index is 0.00925. The van der Waals surface area contributed by atoms with Crippen molar-refractivity contribution in [3.8, 4) is 5.69 Å². The lowest BCUT2D eigenvalue weighted by atomic mass is 10.1. The van der Waals surface area contributed by atoms with E-state index in [9.17, 15) is 9.59 Å². The van der Waals surface area contributed by atoms with Gasteiger partial charge in [0.05, 0.1) is 21.1 Å². The van der Waals surface area contributed by atoms with Gasteiger partial charge in [-0.3, -0.25) is 9.59 Å². The molecule has 1 N–H and O–H groups in total. The van der Waals surface area contributed by atoms with Gasteiger partial charge in [0, 0.05) is 43.6 Å². The maximum absolute atomic E-state index is 13.2. The van der Waals surface area contributed by atoms with Crippen molar-refractivity contribution in [2.24, 2.45) is 0 Å². The van der Waals surface area contributed by atoms with Crippen molar-refractivity contribution in [3.63, 3.8) is 0 Å². The van der Waals surface area contributed by atoms with Crippen LogP contribution < -0.4 is 10.9 Å². The number of rotatable bonds is 4. The van der Waals surface area contributed by atoms with Gasteiger partial charge in [0.25, 0.3) is 11.5 Å². The van der Waals surface area contributed by atoms with E-state index in [1.54, 1.807) is 37.3 Å². The second kappa shape index (κ2) is 9.85. The van der Waals surface area contributed by atoms with Gasteiger partial charge >= 0.3 is 0 Å². The number of aromatic nitrogens is 4. The summed E-state index contributed by atoms with van der Waals surface area (Å²) in [5.74, 6) is 0.273. The number of nitrogens with one attached hydrogen (secondary N) is 1. The number of carbonyl (C=O) groups is 1. The number of nitrogens with zero attached hydrogens (tertiary/aromatic N) is 6. The highest BCUT2D eigenvalue weighted by Crippen LogP contribution is 2.27. The Kier molecular flexibility index (Phi) is 6.61. The minimum atomic E-state index is -0.433. The summed E-state index contributed by atoms with van der Waals surface area (Å²) in [6.07, 6.45) is 1.45. The van der Waals surface area contributed by atoms with E-state index in [4.69, 9.17) is 23.2 Å². The van der Waals surface area contributed by atoms with Gasteiger partial charge in [-0.05, 0) is 44.3 Å². The van der Waals surface area contributed by atoms with E-state index >= 15 is 0 Å². The van der Waals surface area contributed by atoms with Crippen molar-refractivity contribution in [2.75, 3.05) is 38.5 Å². The summed E-state index contributed by atoms with van der Waals surface area (Å²) in [5.41, 5.74) is 2.03. The number of anilines is 2. The highest BCUT2D eigenvalue weighted by atomic mass is 35.5. The number of likely N-dealkylation sites (N-methyl/N-ethyl adjacent to an activating group) is 1. The Morgan fingerprint density at radius 2 is 1.72 bits per heavy atom. The molecule has 1 aliphatic rings. The van der Waals surface area contributed by atoms with Crippen molar-refractivity contribution >= 4 is 51.6 Å². The third kappa shape index (κ3) is 4.65. The summed E-state index contributed by atoms with van der Waals surface area (Å²) in [4.78, 5) is 39.0. The zero-order valence-electron chi connectivity index (χ0n) is 19.7. The zero-order chi connectivity index (χ0) is 25.4. The Balaban J connectivity index is 1.44. The number of hydrogen-bond acceptors (Lipinski definition) is 7. The standard InChI is InChI=1S/C25H23Cl2N7O2/c1-15-21-18(24(36)34(31-15)22-19(26)7-4-8-20(22)27)14-28-25(30-21)29-17-6-3-5-16(13-17)23(35)33-11-9-32(2)10-12-33/h3-8,13-14H,9-12H2,1-2H3,(H,28,29,30). The summed E-state index contributed by atoms with van der Waals surface area (Å²) in [5, 5.41) is 8.43. The SMILES string of the molecule is Cc1nn(-c2c(Cl)cccc2Cl)c(=O)c2cnc(Nc3cccc(C(=O)N4CCN(C)CC4)c3)nc12. The average Bonchev–Trinajstić information content (AvgIpc) is 2.87. The van der Waals surface area contributed by atoms with Crippen LogP contribution in [0.15, 0.2) is 53.5 Å². The van der Waals surface area contributed by atoms with Crippen LogP contribution in [0.25, 0.3) is 16.6 Å². The number of aryl methyl sites for hydroxylation is 1. The van der Waals surface area contributed by atoms with Gasteiger partial charge in [-0.15, -0.1) is 0 Å². The number of benzene rings is 2. The number of hydrogen-bond donors (Lipinski definition) is 1. The topological polar surface area (TPSA) is 96.2 Å². The lowest BCUT2D eigenvalue weighted by Gasteiger charge is -2.32. The lowest BCUT2D eigenvalue weighted by molar-refractivity contribution is 0.0664. The summed E-state index contributed by atoms with van der Waals surface area (Å²) in [6.45, 7) is 4.85. The quantitative estimate of drug-likeness (QED) is 0.432. The molecule has 3 heterocycles. The van der Waals surface area contributed by atoms with E-state index in [0.717, 1.165) is 13.1 Å². The van der Waals surface area contributed by atoms with Crippen LogP contribution in [0.1, 0.15) is 16.1 Å². The zero-order valence-corrected chi connectivity index (χ0v) is 21.2. The van der Waals surface area contributed by atoms with Crippen LogP contribution in [0.3, 0.4) is 0 Å². The summed E-state index contributed by atoms with van der Waals surface area (Å²) in [6, 6.07) is 12.2. The lowest BCUT2D eigenvalue weighted by Crippen LogP contribution is -2.47. The molecule has 0 radical (unpaired) electrons. The van der Waals surface area contributed by atoms with Gasteiger partial charge in [0.1, 0.15) is 11.2 Å². The van der Waals surface area contributed by atoms with E-state index in [-0.39, 0.29) is 17.2 Å². The van der Waals surface area contributed by atoms with Crippen molar-refractivity contribution in [1.82, 2.24) is 29.5 Å². The van der Waals surface area contributed by atoms with E-state index in [1.165, 1.54) is 10.9 Å². The molecule has 1 fully saturated rings. The third-order valence-electron chi connectivity index (χ3n) is 6.11. The van der Waals surface area contributed by atoms with Crippen LogP contribution in [-0.4, -0.2) is 68.7 Å². The molecule has 0 bridgehead atoms. The Labute approximate surface area is 217 Å². The Bertz CT molecular complexity index is 1510. The molecule has 36 heavy (non-hydrogen) atoms. The van der Waals surface area contributed by atoms with Gasteiger partial charge < -0.3 is 15.1 Å². The number of fused-ring (bicyclic) bond motifs is 1. The summed E-state index contributed by atoms with van der Waals surface area (Å²) < 4.78 is 1.17. The molecule has 11 heteroatoms. The second-order valence-electron chi connectivity index (χ2n) is 8.63. The number of para-hydroxylation sites is 1. The molecule has 4 aromatic rings. The summed E-state index contributed by atoms with van der Waals surface area (Å²) >= 11 is 12.6. The Morgan fingerprint density at radius 3 is 2.44 bits per heavy atom. The number of carbonyl (C=O) groups excluding carboxylic acids is 1. The molecule has 1 amide bonds. The molecule has 0 unspecified atom stereocenters. The predicted octanol–water partition coefficient (Wildman–Crippen LogP) is 3.92. The predicted molar refractivity (Wildman–Crippen MR) is 141 cm³/mol. The number of piperazine rings is 1. The first-order valence-corrected chi connectivity index (χ1v) is 12.1. The average molecular weight is 524 g/mol. The molecule has 1 aliphatic heterocycles. The number of amides is 1. The van der Waals surface area contributed by atoms with Crippen LogP contribution in [0.4, 0.5) is 11.6 Å². The molecule has 2 aromatic carbocycles. The van der Waals surface area contributed by atoms with Gasteiger partial charge in [0.15, 0.2) is 0 Å². The highest BCUT2D eigenvalue weighted by molar-refractivity contribution is 6.37. The van der Waals surface area contributed by atoms with E-state index in [0.29, 0.717) is 51.3 Å². The van der Waals surface area contributed by atoms with Crippen molar-refractivity contribution in [3.05, 3.63) is 80.3 Å². The fourth-order valence-electron chi connectivity index (χ4n) is 4.13. The first kappa shape index (κ1) is 24.2. The van der Waals surface area contributed by atoms with Gasteiger partial charge in [-0.1, -0.05) is 35.3 Å². The van der Waals surface area contributed by atoms with Crippen LogP contribution in [0.5, 0.6) is 0 Å². The molecule has 9 nitrogen and oxygen atoms in total. The van der Waals surface area contributed by atoms with Crippen LogP contribution in [-0.2, 0) is 0 Å². The fraction of sp³-hybridized carbons (Fsp3) is 0.240. The molecule has 0 spiro atoms. The molecule has 5 rings (SSSR count). The smallest absolute Gasteiger partial charge is 0.282 e. The monoisotopic (exact) mass is 523 g/mol. The second-order valence-corrected chi connectivity index (χ2v) is 9.44. The Morgan fingerprint density at radius 1 is 1.03 bits per heavy atom. The molecule has 0 aliphatic carbocycles. The molecule has 0 atom stereocenters. The molecule has 0 saturated carbocycles. The van der Waals surface area contributed by atoms with Gasteiger partial charge in [0.2, 0.25) is 5.95 Å². The fourth-order valence-corrected chi connectivity index (χ4v) is 4.68. The molecule has 184 valence electrons. The van der Waals surface area contributed by atoms with Crippen LogP contribution in [0, 0.1) is 6.92 Å². The van der Waals surface area contributed by atoms with Crippen molar-refractivity contribution < 1.29 is 4.79 Å². The van der Waals surface area contributed by atoms with Crippen LogP contribution in [0.2, 0.25) is 10.0 Å². The van der Waals surface area contributed by atoms with E-state index < -0.39 is 5.56 Å². The van der Waals surface area contributed by atoms with E-state index in [1.807, 2.05) is 17.0 Å². The molecular weight excluding hydrogens is 501 g/mol.